The summed E-state index contributed by atoms with van der Waals surface area (Å²) in [4.78, 5) is 0. The maximum atomic E-state index is 3.24. The van der Waals surface area contributed by atoms with Gasteiger partial charge in [0, 0.05) is 12.6 Å². The van der Waals surface area contributed by atoms with E-state index in [4.69, 9.17) is 0 Å². The van der Waals surface area contributed by atoms with E-state index in [2.05, 4.69) is 24.5 Å². The van der Waals surface area contributed by atoms with Gasteiger partial charge in [-0.05, 0) is 20.5 Å². The fourth-order valence-electron chi connectivity index (χ4n) is 0.463. The molecule has 8 heavy (non-hydrogen) atoms. The minimum absolute atomic E-state index is 0.593. The molecule has 1 atom stereocenters. The van der Waals surface area contributed by atoms with Crippen LogP contribution in [0.5, 0.6) is 0 Å². The quantitative estimate of drug-likeness (QED) is 0.548. The number of likely N-dealkylation sites (N-methyl/N-ethyl adjacent to an activating group) is 2. The van der Waals surface area contributed by atoms with Crippen LogP contribution in [0.3, 0.4) is 0 Å². The van der Waals surface area contributed by atoms with Gasteiger partial charge in [-0.15, -0.1) is 0 Å². The monoisotopic (exact) mass is 116 g/mol. The molecule has 0 saturated heterocycles. The topological polar surface area (TPSA) is 24.1 Å². The highest BCUT2D eigenvalue weighted by atomic mass is 14.9. The minimum atomic E-state index is 0.593. The normalized spacial score (nSPS) is 13.9. The summed E-state index contributed by atoms with van der Waals surface area (Å²) in [6.45, 7) is 6.39. The van der Waals surface area contributed by atoms with Gasteiger partial charge < -0.3 is 10.6 Å². The molecular weight excluding hydrogens is 100 g/mol. The Kier molecular flexibility index (Phi) is 5.01. The molecule has 0 bridgehead atoms. The standard InChI is InChI=1S/C6H16N2/c1-4-8-5-6(2)7-3/h6-8H,4-5H2,1-3H3/t6-/m0/s1. The van der Waals surface area contributed by atoms with Crippen molar-refractivity contribution in [2.75, 3.05) is 20.1 Å². The summed E-state index contributed by atoms with van der Waals surface area (Å²) in [5, 5.41) is 6.37. The Hall–Kier alpha value is -0.0800. The van der Waals surface area contributed by atoms with E-state index in [9.17, 15) is 0 Å². The molecule has 0 fully saturated rings. The third kappa shape index (κ3) is 4.09. The van der Waals surface area contributed by atoms with E-state index < -0.39 is 0 Å². The summed E-state index contributed by atoms with van der Waals surface area (Å²) < 4.78 is 0. The Morgan fingerprint density at radius 3 is 2.50 bits per heavy atom. The highest BCUT2D eigenvalue weighted by molar-refractivity contribution is 4.58. The fourth-order valence-corrected chi connectivity index (χ4v) is 0.463. The Morgan fingerprint density at radius 2 is 2.12 bits per heavy atom. The van der Waals surface area contributed by atoms with Gasteiger partial charge in [0.05, 0.1) is 0 Å². The van der Waals surface area contributed by atoms with Crippen LogP contribution >= 0.6 is 0 Å². The van der Waals surface area contributed by atoms with Gasteiger partial charge in [0.25, 0.3) is 0 Å². The Morgan fingerprint density at radius 1 is 1.50 bits per heavy atom. The Bertz CT molecular complexity index is 45.8. The first-order valence-corrected chi connectivity index (χ1v) is 3.19. The summed E-state index contributed by atoms with van der Waals surface area (Å²) in [5.74, 6) is 0. The molecule has 0 aromatic rings. The van der Waals surface area contributed by atoms with Crippen LogP contribution in [0.4, 0.5) is 0 Å². The second-order valence-electron chi connectivity index (χ2n) is 2.00. The van der Waals surface area contributed by atoms with Crippen molar-refractivity contribution in [3.05, 3.63) is 0 Å². The first kappa shape index (κ1) is 7.92. The Labute approximate surface area is 51.7 Å². The molecular formula is C6H16N2. The highest BCUT2D eigenvalue weighted by Crippen LogP contribution is 1.72. The van der Waals surface area contributed by atoms with Crippen LogP contribution in [0.25, 0.3) is 0 Å². The second kappa shape index (κ2) is 5.06. The molecule has 0 aromatic carbocycles. The van der Waals surface area contributed by atoms with E-state index in [1.807, 2.05) is 7.05 Å². The minimum Gasteiger partial charge on any atom is -0.316 e. The predicted octanol–water partition coefficient (Wildman–Crippen LogP) is 0.204. The number of rotatable bonds is 4. The van der Waals surface area contributed by atoms with Gasteiger partial charge in [0.15, 0.2) is 0 Å². The molecule has 0 unspecified atom stereocenters. The lowest BCUT2D eigenvalue weighted by molar-refractivity contribution is 0.552. The van der Waals surface area contributed by atoms with Crippen molar-refractivity contribution in [2.24, 2.45) is 0 Å². The summed E-state index contributed by atoms with van der Waals surface area (Å²) in [7, 11) is 1.97. The van der Waals surface area contributed by atoms with Crippen molar-refractivity contribution in [1.29, 1.82) is 0 Å². The maximum absolute atomic E-state index is 3.24. The predicted molar refractivity (Wildman–Crippen MR) is 37.1 cm³/mol. The molecule has 0 heterocycles. The van der Waals surface area contributed by atoms with Gasteiger partial charge in [0.2, 0.25) is 0 Å². The van der Waals surface area contributed by atoms with Crippen LogP contribution in [0, 0.1) is 0 Å². The van der Waals surface area contributed by atoms with Crippen LogP contribution in [0.2, 0.25) is 0 Å². The second-order valence-corrected chi connectivity index (χ2v) is 2.00. The van der Waals surface area contributed by atoms with Crippen molar-refractivity contribution >= 4 is 0 Å². The zero-order chi connectivity index (χ0) is 6.41. The van der Waals surface area contributed by atoms with E-state index in [0.29, 0.717) is 6.04 Å². The summed E-state index contributed by atoms with van der Waals surface area (Å²) in [6, 6.07) is 0.593. The summed E-state index contributed by atoms with van der Waals surface area (Å²) >= 11 is 0. The van der Waals surface area contributed by atoms with E-state index in [0.717, 1.165) is 13.1 Å². The smallest absolute Gasteiger partial charge is 0.0161 e. The molecule has 0 amide bonds. The fraction of sp³-hybridized carbons (Fsp3) is 1.00. The van der Waals surface area contributed by atoms with E-state index in [1.165, 1.54) is 0 Å². The highest BCUT2D eigenvalue weighted by Gasteiger charge is 1.92. The molecule has 0 aliphatic heterocycles. The van der Waals surface area contributed by atoms with Gasteiger partial charge in [-0.1, -0.05) is 6.92 Å². The average molecular weight is 116 g/mol. The molecule has 0 rings (SSSR count). The summed E-state index contributed by atoms with van der Waals surface area (Å²) in [6.07, 6.45) is 0. The molecule has 0 aliphatic rings. The number of hydrogen-bond donors (Lipinski definition) is 2. The van der Waals surface area contributed by atoms with Crippen LogP contribution < -0.4 is 10.6 Å². The summed E-state index contributed by atoms with van der Waals surface area (Å²) in [5.41, 5.74) is 0. The lowest BCUT2D eigenvalue weighted by Crippen LogP contribution is -2.33. The molecule has 2 N–H and O–H groups in total. The maximum Gasteiger partial charge on any atom is 0.0161 e. The number of nitrogens with one attached hydrogen (secondary N) is 2. The Balaban J connectivity index is 2.86. The van der Waals surface area contributed by atoms with Gasteiger partial charge in [-0.25, -0.2) is 0 Å². The van der Waals surface area contributed by atoms with Gasteiger partial charge in [-0.3, -0.25) is 0 Å². The lowest BCUT2D eigenvalue weighted by atomic mass is 10.3. The van der Waals surface area contributed by atoms with E-state index >= 15 is 0 Å². The van der Waals surface area contributed by atoms with Crippen molar-refractivity contribution in [1.82, 2.24) is 10.6 Å². The lowest BCUT2D eigenvalue weighted by Gasteiger charge is -2.08. The van der Waals surface area contributed by atoms with Crippen LogP contribution in [-0.2, 0) is 0 Å². The van der Waals surface area contributed by atoms with Gasteiger partial charge in [-0.2, -0.15) is 0 Å². The third-order valence-electron chi connectivity index (χ3n) is 1.19. The van der Waals surface area contributed by atoms with E-state index in [-0.39, 0.29) is 0 Å². The average Bonchev–Trinajstić information content (AvgIpc) is 1.83. The first-order valence-electron chi connectivity index (χ1n) is 3.19. The first-order chi connectivity index (χ1) is 3.81. The molecule has 2 nitrogen and oxygen atoms in total. The SMILES string of the molecule is CCNC[C@H](C)NC. The van der Waals surface area contributed by atoms with Gasteiger partial charge >= 0.3 is 0 Å². The zero-order valence-corrected chi connectivity index (χ0v) is 5.99. The van der Waals surface area contributed by atoms with E-state index in [1.54, 1.807) is 0 Å². The molecule has 2 heteroatoms. The molecule has 0 aromatic heterocycles. The van der Waals surface area contributed by atoms with Crippen LogP contribution in [-0.4, -0.2) is 26.2 Å². The molecule has 0 radical (unpaired) electrons. The van der Waals surface area contributed by atoms with Crippen molar-refractivity contribution < 1.29 is 0 Å². The zero-order valence-electron chi connectivity index (χ0n) is 5.99. The van der Waals surface area contributed by atoms with Gasteiger partial charge in [0.1, 0.15) is 0 Å². The van der Waals surface area contributed by atoms with Crippen LogP contribution in [0.1, 0.15) is 13.8 Å². The largest absolute Gasteiger partial charge is 0.316 e. The van der Waals surface area contributed by atoms with Crippen molar-refractivity contribution in [3.63, 3.8) is 0 Å². The van der Waals surface area contributed by atoms with Crippen LogP contribution in [0.15, 0.2) is 0 Å². The molecule has 0 aliphatic carbocycles. The molecule has 0 saturated carbocycles. The number of hydrogen-bond acceptors (Lipinski definition) is 2. The molecule has 0 spiro atoms. The van der Waals surface area contributed by atoms with Crippen molar-refractivity contribution in [2.45, 2.75) is 19.9 Å². The van der Waals surface area contributed by atoms with Crippen molar-refractivity contribution in [3.8, 4) is 0 Å². The third-order valence-corrected chi connectivity index (χ3v) is 1.19. The molecule has 50 valence electrons.